The van der Waals surface area contributed by atoms with Crippen LogP contribution >= 0.6 is 11.3 Å². The number of para-hydroxylation sites is 1. The van der Waals surface area contributed by atoms with E-state index in [4.69, 9.17) is 4.98 Å². The topological polar surface area (TPSA) is 62.2 Å². The van der Waals surface area contributed by atoms with Crippen molar-refractivity contribution < 1.29 is 4.79 Å². The molecule has 6 nitrogen and oxygen atoms in total. The molecule has 0 aliphatic carbocycles. The Morgan fingerprint density at radius 3 is 2.86 bits per heavy atom. The lowest BCUT2D eigenvalue weighted by molar-refractivity contribution is -0.139. The molecule has 0 spiro atoms. The molecule has 0 saturated carbocycles. The number of amides is 1. The first-order valence-corrected chi connectivity index (χ1v) is 11.3. The summed E-state index contributed by atoms with van der Waals surface area (Å²) in [5.74, 6) is 1.16. The summed E-state index contributed by atoms with van der Waals surface area (Å²) in [5.41, 5.74) is 1.04. The van der Waals surface area contributed by atoms with Crippen LogP contribution in [0.4, 0.5) is 5.82 Å². The molecule has 1 amide bonds. The van der Waals surface area contributed by atoms with Crippen molar-refractivity contribution in [2.45, 2.75) is 38.1 Å². The van der Waals surface area contributed by atoms with Gasteiger partial charge in [-0.3, -0.25) is 9.78 Å². The zero-order valence-corrected chi connectivity index (χ0v) is 17.2. The molecule has 150 valence electrons. The van der Waals surface area contributed by atoms with Crippen molar-refractivity contribution in [3.8, 4) is 0 Å². The Balaban J connectivity index is 1.37. The van der Waals surface area contributed by atoms with Gasteiger partial charge in [0.15, 0.2) is 0 Å². The van der Waals surface area contributed by atoms with Crippen LogP contribution in [-0.2, 0) is 4.79 Å². The van der Waals surface area contributed by atoms with Gasteiger partial charge in [-0.05, 0) is 44.2 Å². The molecule has 29 heavy (non-hydrogen) atoms. The second-order valence-corrected chi connectivity index (χ2v) is 8.97. The lowest BCUT2D eigenvalue weighted by Crippen LogP contribution is -2.47. The number of anilines is 1. The first-order valence-electron chi connectivity index (χ1n) is 10.5. The third-order valence-electron chi connectivity index (χ3n) is 6.03. The molecule has 2 saturated heterocycles. The molecule has 4 heterocycles. The fraction of sp³-hybridized carbons (Fsp3) is 0.455. The highest BCUT2D eigenvalue weighted by molar-refractivity contribution is 7.18. The quantitative estimate of drug-likeness (QED) is 0.655. The smallest absolute Gasteiger partial charge is 0.228 e. The summed E-state index contributed by atoms with van der Waals surface area (Å²) in [6.07, 6.45) is 10.4. The fourth-order valence-corrected chi connectivity index (χ4v) is 5.68. The second-order valence-electron chi connectivity index (χ2n) is 7.91. The summed E-state index contributed by atoms with van der Waals surface area (Å²) in [6, 6.07) is 8.37. The van der Waals surface area contributed by atoms with Crippen LogP contribution in [0, 0.1) is 5.92 Å². The Bertz CT molecular complexity index is 958. The molecule has 3 aromatic rings. The van der Waals surface area contributed by atoms with E-state index in [0.717, 1.165) is 68.1 Å². The van der Waals surface area contributed by atoms with Gasteiger partial charge in [0.05, 0.1) is 28.4 Å². The number of thiazole rings is 1. The minimum absolute atomic E-state index is 0.0146. The van der Waals surface area contributed by atoms with Gasteiger partial charge in [0, 0.05) is 32.0 Å². The number of benzene rings is 1. The van der Waals surface area contributed by atoms with Crippen molar-refractivity contribution in [2.24, 2.45) is 5.92 Å². The number of likely N-dealkylation sites (tertiary alicyclic amines) is 1. The second kappa shape index (κ2) is 8.06. The molecule has 2 unspecified atom stereocenters. The molecule has 1 aromatic carbocycles. The molecule has 0 radical (unpaired) electrons. The normalized spacial score (nSPS) is 22.8. The summed E-state index contributed by atoms with van der Waals surface area (Å²) in [7, 11) is 0. The number of piperidine rings is 2. The Hall–Kier alpha value is -2.54. The van der Waals surface area contributed by atoms with Gasteiger partial charge in [-0.2, -0.15) is 0 Å². The van der Waals surface area contributed by atoms with Gasteiger partial charge in [-0.1, -0.05) is 12.1 Å². The molecule has 2 aliphatic rings. The van der Waals surface area contributed by atoms with Crippen molar-refractivity contribution in [2.75, 3.05) is 24.5 Å². The van der Waals surface area contributed by atoms with Crippen molar-refractivity contribution in [3.05, 3.63) is 47.9 Å². The van der Waals surface area contributed by atoms with E-state index >= 15 is 0 Å². The summed E-state index contributed by atoms with van der Waals surface area (Å²) in [6.45, 7) is 2.49. The number of nitrogens with zero attached hydrogens (tertiary/aromatic N) is 5. The maximum atomic E-state index is 13.6. The van der Waals surface area contributed by atoms with Crippen LogP contribution in [0.2, 0.25) is 0 Å². The van der Waals surface area contributed by atoms with Crippen LogP contribution in [0.3, 0.4) is 0 Å². The van der Waals surface area contributed by atoms with Crippen molar-refractivity contribution in [3.63, 3.8) is 0 Å². The maximum absolute atomic E-state index is 13.6. The highest BCUT2D eigenvalue weighted by Gasteiger charge is 2.36. The molecular formula is C22H25N5OS. The van der Waals surface area contributed by atoms with Gasteiger partial charge in [-0.15, -0.1) is 11.3 Å². The molecule has 2 fully saturated rings. The third-order valence-corrected chi connectivity index (χ3v) is 7.16. The predicted molar refractivity (Wildman–Crippen MR) is 115 cm³/mol. The lowest BCUT2D eigenvalue weighted by Gasteiger charge is -2.40. The number of carbonyl (C=O) groups is 1. The fourth-order valence-electron chi connectivity index (χ4n) is 4.56. The summed E-state index contributed by atoms with van der Waals surface area (Å²) >= 11 is 1.74. The molecule has 0 N–H and O–H groups in total. The average molecular weight is 408 g/mol. The van der Waals surface area contributed by atoms with Gasteiger partial charge < -0.3 is 9.80 Å². The van der Waals surface area contributed by atoms with E-state index in [0.29, 0.717) is 0 Å². The number of aromatic nitrogens is 3. The minimum Gasteiger partial charge on any atom is -0.355 e. The largest absolute Gasteiger partial charge is 0.355 e. The summed E-state index contributed by atoms with van der Waals surface area (Å²) < 4.78 is 1.20. The van der Waals surface area contributed by atoms with Crippen molar-refractivity contribution in [1.29, 1.82) is 0 Å². The van der Waals surface area contributed by atoms with E-state index in [2.05, 4.69) is 38.0 Å². The van der Waals surface area contributed by atoms with E-state index in [1.807, 2.05) is 6.07 Å². The van der Waals surface area contributed by atoms with Gasteiger partial charge in [-0.25, -0.2) is 9.97 Å². The molecule has 2 aromatic heterocycles. The highest BCUT2D eigenvalue weighted by atomic mass is 32.1. The molecule has 0 bridgehead atoms. The number of hydrogen-bond acceptors (Lipinski definition) is 6. The lowest BCUT2D eigenvalue weighted by atomic mass is 9.93. The molecular weight excluding hydrogens is 382 g/mol. The minimum atomic E-state index is 0.0146. The predicted octanol–water partition coefficient (Wildman–Crippen LogP) is 4.06. The van der Waals surface area contributed by atoms with Gasteiger partial charge in [0.25, 0.3) is 0 Å². The van der Waals surface area contributed by atoms with Crippen LogP contribution in [0.25, 0.3) is 10.2 Å². The van der Waals surface area contributed by atoms with Crippen LogP contribution in [0.1, 0.15) is 43.2 Å². The SMILES string of the molecule is O=C(C1CCCN(c2cnccn2)C1)N1CCCCC1c1nc2ccccc2s1. The van der Waals surface area contributed by atoms with Crippen molar-refractivity contribution in [1.82, 2.24) is 19.9 Å². The summed E-state index contributed by atoms with van der Waals surface area (Å²) in [5, 5.41) is 1.08. The Morgan fingerprint density at radius 2 is 2.00 bits per heavy atom. The van der Waals surface area contributed by atoms with Crippen LogP contribution < -0.4 is 4.90 Å². The van der Waals surface area contributed by atoms with E-state index in [-0.39, 0.29) is 17.9 Å². The van der Waals surface area contributed by atoms with Gasteiger partial charge >= 0.3 is 0 Å². The van der Waals surface area contributed by atoms with E-state index in [1.165, 1.54) is 4.70 Å². The van der Waals surface area contributed by atoms with Crippen LogP contribution in [-0.4, -0.2) is 45.4 Å². The zero-order chi connectivity index (χ0) is 19.6. The van der Waals surface area contributed by atoms with E-state index in [1.54, 1.807) is 29.9 Å². The highest BCUT2D eigenvalue weighted by Crippen LogP contribution is 2.37. The monoisotopic (exact) mass is 407 g/mol. The number of hydrogen-bond donors (Lipinski definition) is 0. The van der Waals surface area contributed by atoms with Crippen molar-refractivity contribution >= 4 is 33.3 Å². The van der Waals surface area contributed by atoms with E-state index in [9.17, 15) is 4.79 Å². The van der Waals surface area contributed by atoms with Crippen LogP contribution in [0.15, 0.2) is 42.9 Å². The number of carbonyl (C=O) groups excluding carboxylic acids is 1. The van der Waals surface area contributed by atoms with E-state index < -0.39 is 0 Å². The molecule has 5 rings (SSSR count). The summed E-state index contributed by atoms with van der Waals surface area (Å²) in [4.78, 5) is 31.4. The first-order chi connectivity index (χ1) is 14.3. The first kappa shape index (κ1) is 18.5. The molecule has 2 aliphatic heterocycles. The van der Waals surface area contributed by atoms with Gasteiger partial charge in [0.2, 0.25) is 5.91 Å². The molecule has 2 atom stereocenters. The Labute approximate surface area is 174 Å². The standard InChI is InChI=1S/C22H25N5OS/c28-22(16-6-5-12-26(15-16)20-14-23-10-11-24-20)27-13-4-3-8-18(27)21-25-17-7-1-2-9-19(17)29-21/h1-2,7,9-11,14,16,18H,3-6,8,12-13,15H2. The van der Waals surface area contributed by atoms with Gasteiger partial charge in [0.1, 0.15) is 10.8 Å². The number of rotatable bonds is 3. The average Bonchev–Trinajstić information content (AvgIpc) is 3.23. The third kappa shape index (κ3) is 3.71. The maximum Gasteiger partial charge on any atom is 0.228 e. The zero-order valence-electron chi connectivity index (χ0n) is 16.4. The Kier molecular flexibility index (Phi) is 5.14. The Morgan fingerprint density at radius 1 is 1.07 bits per heavy atom. The number of fused-ring (bicyclic) bond motifs is 1. The molecule has 7 heteroatoms. The van der Waals surface area contributed by atoms with Crippen LogP contribution in [0.5, 0.6) is 0 Å².